The molecule has 0 N–H and O–H groups in total. The Kier molecular flexibility index (Phi) is 3.94. The lowest BCUT2D eigenvalue weighted by Gasteiger charge is -2.25. The van der Waals surface area contributed by atoms with E-state index in [1.807, 2.05) is 43.3 Å². The molecule has 1 aromatic rings. The zero-order valence-corrected chi connectivity index (χ0v) is 11.4. The van der Waals surface area contributed by atoms with E-state index in [9.17, 15) is 4.79 Å². The summed E-state index contributed by atoms with van der Waals surface area (Å²) in [6.45, 7) is 0.884. The van der Waals surface area contributed by atoms with Crippen molar-refractivity contribution in [1.82, 2.24) is 0 Å². The number of ether oxygens (including phenoxy) is 2. The third kappa shape index (κ3) is 2.81. The highest BCUT2D eigenvalue weighted by Crippen LogP contribution is 2.28. The van der Waals surface area contributed by atoms with Crippen molar-refractivity contribution in [2.75, 3.05) is 44.2 Å². The van der Waals surface area contributed by atoms with Gasteiger partial charge in [0.25, 0.3) is 5.91 Å². The lowest BCUT2D eigenvalue weighted by molar-refractivity contribution is -0.119. The van der Waals surface area contributed by atoms with Gasteiger partial charge in [-0.2, -0.15) is 0 Å². The van der Waals surface area contributed by atoms with Crippen molar-refractivity contribution >= 4 is 17.3 Å². The van der Waals surface area contributed by atoms with Crippen LogP contribution in [-0.2, 0) is 14.3 Å². The molecule has 0 spiro atoms. The van der Waals surface area contributed by atoms with Crippen LogP contribution in [0.2, 0.25) is 0 Å². The van der Waals surface area contributed by atoms with Gasteiger partial charge in [-0.1, -0.05) is 12.1 Å². The third-order valence-electron chi connectivity index (χ3n) is 2.89. The van der Waals surface area contributed by atoms with E-state index in [1.165, 1.54) is 6.26 Å². The van der Waals surface area contributed by atoms with Crippen LogP contribution in [0.25, 0.3) is 0 Å². The second-order valence-electron chi connectivity index (χ2n) is 4.45. The average Bonchev–Trinajstić information content (AvgIpc) is 2.46. The topological polar surface area (TPSA) is 42.0 Å². The summed E-state index contributed by atoms with van der Waals surface area (Å²) >= 11 is 0. The van der Waals surface area contributed by atoms with Gasteiger partial charge in [-0.15, -0.1) is 0 Å². The zero-order chi connectivity index (χ0) is 13.8. The lowest BCUT2D eigenvalue weighted by Crippen LogP contribution is -2.31. The van der Waals surface area contributed by atoms with Crippen LogP contribution >= 0.6 is 0 Å². The van der Waals surface area contributed by atoms with E-state index in [4.69, 9.17) is 9.47 Å². The van der Waals surface area contributed by atoms with Gasteiger partial charge in [0.15, 0.2) is 0 Å². The molecule has 2 rings (SSSR count). The van der Waals surface area contributed by atoms with Crippen LogP contribution in [0.4, 0.5) is 11.4 Å². The third-order valence-corrected chi connectivity index (χ3v) is 2.89. The van der Waals surface area contributed by atoms with Gasteiger partial charge in [-0.05, 0) is 12.1 Å². The van der Waals surface area contributed by atoms with E-state index in [0.29, 0.717) is 13.2 Å². The molecule has 1 aromatic carbocycles. The standard InChI is InChI=1S/C14H18N2O3/c1-15(2)11-6-4-5-7-12(11)16(3)14(17)13-10-18-8-9-19-13/h4-7,10H,8-9H2,1-3H3. The Morgan fingerprint density at radius 3 is 2.37 bits per heavy atom. The molecule has 0 saturated heterocycles. The van der Waals surface area contributed by atoms with Crippen LogP contribution < -0.4 is 9.80 Å². The van der Waals surface area contributed by atoms with Gasteiger partial charge in [0.2, 0.25) is 5.76 Å². The Hall–Kier alpha value is -2.17. The molecular formula is C14H18N2O3. The minimum atomic E-state index is -0.214. The monoisotopic (exact) mass is 262 g/mol. The highest BCUT2D eigenvalue weighted by Gasteiger charge is 2.22. The molecule has 0 aliphatic carbocycles. The molecule has 0 unspecified atom stereocenters. The van der Waals surface area contributed by atoms with Crippen molar-refractivity contribution in [2.45, 2.75) is 0 Å². The first-order chi connectivity index (χ1) is 9.11. The first-order valence-corrected chi connectivity index (χ1v) is 6.10. The Morgan fingerprint density at radius 1 is 1.11 bits per heavy atom. The minimum Gasteiger partial charge on any atom is -0.494 e. The molecule has 19 heavy (non-hydrogen) atoms. The summed E-state index contributed by atoms with van der Waals surface area (Å²) in [5.41, 5.74) is 1.79. The first kappa shape index (κ1) is 13.3. The fraction of sp³-hybridized carbons (Fsp3) is 0.357. The fourth-order valence-corrected chi connectivity index (χ4v) is 1.88. The maximum absolute atomic E-state index is 12.3. The number of benzene rings is 1. The quantitative estimate of drug-likeness (QED) is 0.830. The van der Waals surface area contributed by atoms with Crippen LogP contribution in [0.3, 0.4) is 0 Å². The minimum absolute atomic E-state index is 0.214. The van der Waals surface area contributed by atoms with Gasteiger partial charge >= 0.3 is 0 Å². The normalized spacial score (nSPS) is 13.9. The zero-order valence-electron chi connectivity index (χ0n) is 11.4. The molecule has 0 saturated carbocycles. The molecule has 1 aliphatic rings. The highest BCUT2D eigenvalue weighted by molar-refractivity contribution is 6.05. The smallest absolute Gasteiger partial charge is 0.296 e. The fourth-order valence-electron chi connectivity index (χ4n) is 1.88. The molecule has 0 atom stereocenters. The summed E-state index contributed by atoms with van der Waals surface area (Å²) in [7, 11) is 5.61. The van der Waals surface area contributed by atoms with E-state index < -0.39 is 0 Å². The van der Waals surface area contributed by atoms with Crippen LogP contribution in [-0.4, -0.2) is 40.3 Å². The summed E-state index contributed by atoms with van der Waals surface area (Å²) in [4.78, 5) is 15.8. The first-order valence-electron chi connectivity index (χ1n) is 6.10. The van der Waals surface area contributed by atoms with Gasteiger partial charge in [0, 0.05) is 21.1 Å². The molecule has 1 heterocycles. The Labute approximate surface area is 113 Å². The molecular weight excluding hydrogens is 244 g/mol. The second kappa shape index (κ2) is 5.65. The molecule has 5 heteroatoms. The maximum Gasteiger partial charge on any atom is 0.296 e. The number of nitrogens with zero attached hydrogens (tertiary/aromatic N) is 2. The Bertz CT molecular complexity index is 497. The number of likely N-dealkylation sites (N-methyl/N-ethyl adjacent to an activating group) is 1. The summed E-state index contributed by atoms with van der Waals surface area (Å²) in [5.74, 6) is 0.0244. The number of para-hydroxylation sites is 2. The number of carbonyl (C=O) groups excluding carboxylic acids is 1. The van der Waals surface area contributed by atoms with Gasteiger partial charge in [-0.3, -0.25) is 4.79 Å². The van der Waals surface area contributed by atoms with E-state index in [1.54, 1.807) is 11.9 Å². The summed E-state index contributed by atoms with van der Waals surface area (Å²) < 4.78 is 10.4. The predicted molar refractivity (Wildman–Crippen MR) is 74.2 cm³/mol. The van der Waals surface area contributed by atoms with Gasteiger partial charge in [0.05, 0.1) is 11.4 Å². The SMILES string of the molecule is CN(C)c1ccccc1N(C)C(=O)C1=COCCO1. The molecule has 0 radical (unpaired) electrons. The highest BCUT2D eigenvalue weighted by atomic mass is 16.6. The van der Waals surface area contributed by atoms with Crippen molar-refractivity contribution in [1.29, 1.82) is 0 Å². The average molecular weight is 262 g/mol. The number of rotatable bonds is 3. The predicted octanol–water partition coefficient (Wildman–Crippen LogP) is 1.60. The Balaban J connectivity index is 2.26. The molecule has 102 valence electrons. The van der Waals surface area contributed by atoms with Crippen molar-refractivity contribution < 1.29 is 14.3 Å². The number of anilines is 2. The van der Waals surface area contributed by atoms with Gasteiger partial charge < -0.3 is 19.3 Å². The number of amides is 1. The number of hydrogen-bond acceptors (Lipinski definition) is 4. The van der Waals surface area contributed by atoms with Crippen molar-refractivity contribution in [2.24, 2.45) is 0 Å². The number of carbonyl (C=O) groups is 1. The van der Waals surface area contributed by atoms with E-state index in [0.717, 1.165) is 11.4 Å². The van der Waals surface area contributed by atoms with Crippen molar-refractivity contribution in [3.05, 3.63) is 36.3 Å². The van der Waals surface area contributed by atoms with Crippen LogP contribution in [0.15, 0.2) is 36.3 Å². The summed E-state index contributed by atoms with van der Waals surface area (Å²) in [6.07, 6.45) is 1.38. The van der Waals surface area contributed by atoms with Crippen molar-refractivity contribution in [3.63, 3.8) is 0 Å². The maximum atomic E-state index is 12.3. The molecule has 1 aliphatic heterocycles. The van der Waals surface area contributed by atoms with Crippen LogP contribution in [0.5, 0.6) is 0 Å². The van der Waals surface area contributed by atoms with Crippen LogP contribution in [0.1, 0.15) is 0 Å². The van der Waals surface area contributed by atoms with E-state index in [-0.39, 0.29) is 11.7 Å². The van der Waals surface area contributed by atoms with E-state index in [2.05, 4.69) is 0 Å². The summed E-state index contributed by atoms with van der Waals surface area (Å²) in [6, 6.07) is 7.71. The van der Waals surface area contributed by atoms with Crippen molar-refractivity contribution in [3.8, 4) is 0 Å². The van der Waals surface area contributed by atoms with Gasteiger partial charge in [-0.25, -0.2) is 0 Å². The second-order valence-corrected chi connectivity index (χ2v) is 4.45. The van der Waals surface area contributed by atoms with Crippen LogP contribution in [0, 0.1) is 0 Å². The van der Waals surface area contributed by atoms with E-state index >= 15 is 0 Å². The van der Waals surface area contributed by atoms with Gasteiger partial charge in [0.1, 0.15) is 19.5 Å². The molecule has 1 amide bonds. The molecule has 5 nitrogen and oxygen atoms in total. The lowest BCUT2D eigenvalue weighted by atomic mass is 10.2. The molecule has 0 bridgehead atoms. The Morgan fingerprint density at radius 2 is 1.79 bits per heavy atom. The number of hydrogen-bond donors (Lipinski definition) is 0. The largest absolute Gasteiger partial charge is 0.494 e. The summed E-state index contributed by atoms with van der Waals surface area (Å²) in [5, 5.41) is 0. The molecule has 0 aromatic heterocycles. The molecule has 0 fully saturated rings.